The Kier molecular flexibility index (Phi) is 4.20. The van der Waals surface area contributed by atoms with Gasteiger partial charge in [0, 0.05) is 11.5 Å². The number of benzene rings is 1. The molecule has 0 heterocycles. The summed E-state index contributed by atoms with van der Waals surface area (Å²) in [6, 6.07) is 6.86. The average Bonchev–Trinajstić information content (AvgIpc) is 2.46. The van der Waals surface area contributed by atoms with Crippen molar-refractivity contribution in [2.45, 2.75) is 25.7 Å². The molecule has 0 saturated heterocycles. The molecule has 1 aliphatic carbocycles. The molecule has 4 heteroatoms. The van der Waals surface area contributed by atoms with Crippen molar-refractivity contribution in [2.24, 2.45) is 11.8 Å². The maximum Gasteiger partial charge on any atom is 0.307 e. The first kappa shape index (κ1) is 13.6. The molecule has 0 bridgehead atoms. The number of methoxy groups -OCH3 is 1. The van der Waals surface area contributed by atoms with E-state index in [1.54, 1.807) is 31.4 Å². The third kappa shape index (κ3) is 2.95. The van der Waals surface area contributed by atoms with Crippen LogP contribution in [0.4, 0.5) is 0 Å². The van der Waals surface area contributed by atoms with Gasteiger partial charge in [0.25, 0.3) is 0 Å². The molecule has 0 radical (unpaired) electrons. The first-order chi connectivity index (χ1) is 9.13. The standard InChI is InChI=1S/C15H18O4/c1-19-11-8-6-10(7-9-11)14(16)12-4-2-3-5-13(12)15(17)18/h6-9,12-13H,2-5H2,1H3,(H,17,18). The van der Waals surface area contributed by atoms with Gasteiger partial charge < -0.3 is 9.84 Å². The molecule has 1 saturated carbocycles. The third-order valence-corrected chi connectivity index (χ3v) is 3.79. The number of rotatable bonds is 4. The van der Waals surface area contributed by atoms with Gasteiger partial charge in [0.05, 0.1) is 13.0 Å². The van der Waals surface area contributed by atoms with E-state index in [2.05, 4.69) is 0 Å². The zero-order valence-corrected chi connectivity index (χ0v) is 11.0. The molecule has 2 rings (SSSR count). The SMILES string of the molecule is COc1ccc(C(=O)C2CCCCC2C(=O)O)cc1. The number of carbonyl (C=O) groups excluding carboxylic acids is 1. The Hall–Kier alpha value is -1.84. The number of carboxylic acids is 1. The summed E-state index contributed by atoms with van der Waals surface area (Å²) >= 11 is 0. The Morgan fingerprint density at radius 2 is 1.68 bits per heavy atom. The highest BCUT2D eigenvalue weighted by Gasteiger charge is 2.35. The Morgan fingerprint density at radius 3 is 2.21 bits per heavy atom. The van der Waals surface area contributed by atoms with Gasteiger partial charge in [-0.25, -0.2) is 0 Å². The summed E-state index contributed by atoms with van der Waals surface area (Å²) < 4.78 is 5.05. The van der Waals surface area contributed by atoms with Crippen LogP contribution in [-0.4, -0.2) is 24.0 Å². The van der Waals surface area contributed by atoms with E-state index in [1.165, 1.54) is 0 Å². The van der Waals surface area contributed by atoms with E-state index in [9.17, 15) is 14.7 Å². The van der Waals surface area contributed by atoms with E-state index in [4.69, 9.17) is 4.74 Å². The van der Waals surface area contributed by atoms with Crippen molar-refractivity contribution >= 4 is 11.8 Å². The number of carboxylic acid groups (broad SMARTS) is 1. The van der Waals surface area contributed by atoms with Crippen LogP contribution in [0.25, 0.3) is 0 Å². The highest BCUT2D eigenvalue weighted by molar-refractivity contribution is 6.00. The molecular formula is C15H18O4. The van der Waals surface area contributed by atoms with Crippen LogP contribution in [0.3, 0.4) is 0 Å². The van der Waals surface area contributed by atoms with Crippen molar-refractivity contribution < 1.29 is 19.4 Å². The van der Waals surface area contributed by atoms with E-state index in [1.807, 2.05) is 0 Å². The summed E-state index contributed by atoms with van der Waals surface area (Å²) in [4.78, 5) is 23.6. The summed E-state index contributed by atoms with van der Waals surface area (Å²) in [6.07, 6.45) is 3.09. The van der Waals surface area contributed by atoms with E-state index in [0.29, 0.717) is 24.2 Å². The average molecular weight is 262 g/mol. The minimum atomic E-state index is -0.855. The molecule has 2 unspecified atom stereocenters. The lowest BCUT2D eigenvalue weighted by Gasteiger charge is -2.27. The van der Waals surface area contributed by atoms with Gasteiger partial charge in [-0.2, -0.15) is 0 Å². The predicted octanol–water partition coefficient (Wildman–Crippen LogP) is 2.77. The molecule has 0 aliphatic heterocycles. The molecule has 0 amide bonds. The maximum atomic E-state index is 12.4. The second kappa shape index (κ2) is 5.87. The summed E-state index contributed by atoms with van der Waals surface area (Å²) in [5.41, 5.74) is 0.568. The molecular weight excluding hydrogens is 244 g/mol. The molecule has 4 nitrogen and oxygen atoms in total. The van der Waals surface area contributed by atoms with Gasteiger partial charge >= 0.3 is 5.97 Å². The Bertz CT molecular complexity index is 464. The molecule has 2 atom stereocenters. The van der Waals surface area contributed by atoms with Crippen LogP contribution < -0.4 is 4.74 Å². The number of carbonyl (C=O) groups is 2. The molecule has 1 N–H and O–H groups in total. The fourth-order valence-corrected chi connectivity index (χ4v) is 2.71. The lowest BCUT2D eigenvalue weighted by atomic mass is 9.75. The maximum absolute atomic E-state index is 12.4. The highest BCUT2D eigenvalue weighted by atomic mass is 16.5. The summed E-state index contributed by atoms with van der Waals surface area (Å²) in [5.74, 6) is -1.15. The van der Waals surface area contributed by atoms with E-state index < -0.39 is 11.9 Å². The Balaban J connectivity index is 2.18. The second-order valence-electron chi connectivity index (χ2n) is 4.93. The molecule has 0 spiro atoms. The van der Waals surface area contributed by atoms with Crippen molar-refractivity contribution in [1.82, 2.24) is 0 Å². The quantitative estimate of drug-likeness (QED) is 0.847. The van der Waals surface area contributed by atoms with Crippen molar-refractivity contribution in [3.63, 3.8) is 0 Å². The molecule has 1 aromatic rings. The monoisotopic (exact) mass is 262 g/mol. The van der Waals surface area contributed by atoms with Crippen LogP contribution in [0.1, 0.15) is 36.0 Å². The van der Waals surface area contributed by atoms with Crippen LogP contribution in [0, 0.1) is 11.8 Å². The molecule has 0 aromatic heterocycles. The lowest BCUT2D eigenvalue weighted by Crippen LogP contribution is -2.32. The Morgan fingerprint density at radius 1 is 1.11 bits per heavy atom. The van der Waals surface area contributed by atoms with Gasteiger partial charge in [-0.15, -0.1) is 0 Å². The number of aliphatic carboxylic acids is 1. The molecule has 102 valence electrons. The number of hydrogen-bond donors (Lipinski definition) is 1. The lowest BCUT2D eigenvalue weighted by molar-refractivity contribution is -0.144. The summed E-state index contributed by atoms with van der Waals surface area (Å²) in [6.45, 7) is 0. The highest BCUT2D eigenvalue weighted by Crippen LogP contribution is 2.33. The minimum absolute atomic E-state index is 0.0604. The van der Waals surface area contributed by atoms with Gasteiger partial charge in [0.2, 0.25) is 0 Å². The normalized spacial score (nSPS) is 22.8. The zero-order chi connectivity index (χ0) is 13.8. The van der Waals surface area contributed by atoms with Crippen LogP contribution in [0.5, 0.6) is 5.75 Å². The first-order valence-corrected chi connectivity index (χ1v) is 6.54. The van der Waals surface area contributed by atoms with Crippen molar-refractivity contribution in [3.8, 4) is 5.75 Å². The van der Waals surface area contributed by atoms with Gasteiger partial charge in [0.15, 0.2) is 5.78 Å². The minimum Gasteiger partial charge on any atom is -0.497 e. The van der Waals surface area contributed by atoms with E-state index in [0.717, 1.165) is 12.8 Å². The number of ether oxygens (including phenoxy) is 1. The van der Waals surface area contributed by atoms with Crippen molar-refractivity contribution in [1.29, 1.82) is 0 Å². The van der Waals surface area contributed by atoms with Gasteiger partial charge in [0.1, 0.15) is 5.75 Å². The number of ketones is 1. The van der Waals surface area contributed by atoms with Crippen LogP contribution >= 0.6 is 0 Å². The van der Waals surface area contributed by atoms with E-state index in [-0.39, 0.29) is 11.7 Å². The third-order valence-electron chi connectivity index (χ3n) is 3.79. The first-order valence-electron chi connectivity index (χ1n) is 6.54. The van der Waals surface area contributed by atoms with Crippen molar-refractivity contribution in [2.75, 3.05) is 7.11 Å². The number of Topliss-reactive ketones (excluding diaryl/α,β-unsaturated/α-hetero) is 1. The van der Waals surface area contributed by atoms with Crippen LogP contribution in [-0.2, 0) is 4.79 Å². The Labute approximate surface area is 112 Å². The molecule has 1 fully saturated rings. The molecule has 1 aliphatic rings. The predicted molar refractivity (Wildman–Crippen MR) is 70.4 cm³/mol. The molecule has 19 heavy (non-hydrogen) atoms. The molecule has 1 aromatic carbocycles. The van der Waals surface area contributed by atoms with Crippen LogP contribution in [0.2, 0.25) is 0 Å². The largest absolute Gasteiger partial charge is 0.497 e. The van der Waals surface area contributed by atoms with Crippen molar-refractivity contribution in [3.05, 3.63) is 29.8 Å². The van der Waals surface area contributed by atoms with Gasteiger partial charge in [-0.05, 0) is 37.1 Å². The topological polar surface area (TPSA) is 63.6 Å². The smallest absolute Gasteiger partial charge is 0.307 e. The van der Waals surface area contributed by atoms with E-state index >= 15 is 0 Å². The summed E-state index contributed by atoms with van der Waals surface area (Å²) in [7, 11) is 1.57. The van der Waals surface area contributed by atoms with Gasteiger partial charge in [-0.3, -0.25) is 9.59 Å². The fraction of sp³-hybridized carbons (Fsp3) is 0.467. The fourth-order valence-electron chi connectivity index (χ4n) is 2.71. The zero-order valence-electron chi connectivity index (χ0n) is 11.0. The summed E-state index contributed by atoms with van der Waals surface area (Å²) in [5, 5.41) is 9.21. The van der Waals surface area contributed by atoms with Crippen LogP contribution in [0.15, 0.2) is 24.3 Å². The van der Waals surface area contributed by atoms with Gasteiger partial charge in [-0.1, -0.05) is 12.8 Å². The second-order valence-corrected chi connectivity index (χ2v) is 4.93. The number of hydrogen-bond acceptors (Lipinski definition) is 3.